The van der Waals surface area contributed by atoms with Crippen molar-refractivity contribution in [3.05, 3.63) is 64.7 Å². The lowest BCUT2D eigenvalue weighted by Gasteiger charge is -2.40. The summed E-state index contributed by atoms with van der Waals surface area (Å²) in [7, 11) is 0. The number of ether oxygens (including phenoxy) is 1. The van der Waals surface area contributed by atoms with E-state index >= 15 is 0 Å². The zero-order valence-electron chi connectivity index (χ0n) is 21.3. The standard InChI is InChI=1S/C28H33FN4O3/c1-18-15-24(31-32-27(18)36-14-9-20-5-7-21(29)8-6-20)23-17-30-19(2)22(16-25(34)35)26(23)33-12-10-28(3,4)11-13-33/h5-8,15,17H,9-14,16H2,1-4H3,(H,34,35). The van der Waals surface area contributed by atoms with E-state index in [1.165, 1.54) is 12.1 Å². The molecule has 3 heterocycles. The number of carbonyl (C=O) groups is 1. The molecule has 3 aromatic rings. The van der Waals surface area contributed by atoms with Crippen molar-refractivity contribution in [1.82, 2.24) is 15.2 Å². The van der Waals surface area contributed by atoms with E-state index in [9.17, 15) is 14.3 Å². The predicted molar refractivity (Wildman–Crippen MR) is 137 cm³/mol. The molecule has 4 rings (SSSR count). The molecule has 190 valence electrons. The first kappa shape index (κ1) is 25.5. The fourth-order valence-corrected chi connectivity index (χ4v) is 4.55. The van der Waals surface area contributed by atoms with Crippen LogP contribution in [0.25, 0.3) is 11.3 Å². The SMILES string of the molecule is Cc1cc(-c2cnc(C)c(CC(=O)O)c2N2CCC(C)(C)CC2)nnc1OCCc1ccc(F)cc1. The Bertz CT molecular complexity index is 1230. The van der Waals surface area contributed by atoms with Crippen LogP contribution in [-0.2, 0) is 17.6 Å². The van der Waals surface area contributed by atoms with Crippen molar-refractivity contribution in [2.75, 3.05) is 24.6 Å². The number of nitrogens with zero attached hydrogens (tertiary/aromatic N) is 4. The normalized spacial score (nSPS) is 15.1. The number of pyridine rings is 1. The van der Waals surface area contributed by atoms with Crippen LogP contribution in [0.2, 0.25) is 0 Å². The molecule has 1 fully saturated rings. The summed E-state index contributed by atoms with van der Waals surface area (Å²) in [4.78, 5) is 18.5. The monoisotopic (exact) mass is 492 g/mol. The van der Waals surface area contributed by atoms with E-state index in [4.69, 9.17) is 4.74 Å². The van der Waals surface area contributed by atoms with E-state index < -0.39 is 5.97 Å². The molecule has 0 aliphatic carbocycles. The van der Waals surface area contributed by atoms with E-state index in [0.717, 1.165) is 53.9 Å². The summed E-state index contributed by atoms with van der Waals surface area (Å²) in [5.74, 6) is -0.711. The molecule has 8 heteroatoms. The highest BCUT2D eigenvalue weighted by molar-refractivity contribution is 5.83. The van der Waals surface area contributed by atoms with Gasteiger partial charge < -0.3 is 14.7 Å². The first-order chi connectivity index (χ1) is 17.1. The molecule has 0 amide bonds. The maximum absolute atomic E-state index is 13.1. The summed E-state index contributed by atoms with van der Waals surface area (Å²) < 4.78 is 19.0. The van der Waals surface area contributed by atoms with Gasteiger partial charge in [-0.2, -0.15) is 0 Å². The number of aliphatic carboxylic acids is 1. The lowest BCUT2D eigenvalue weighted by molar-refractivity contribution is -0.136. The third-order valence-corrected chi connectivity index (χ3v) is 6.88. The predicted octanol–water partition coefficient (Wildman–Crippen LogP) is 5.17. The number of carboxylic acids is 1. The number of hydrogen-bond acceptors (Lipinski definition) is 6. The quantitative estimate of drug-likeness (QED) is 0.464. The Morgan fingerprint density at radius 3 is 2.47 bits per heavy atom. The van der Waals surface area contributed by atoms with Gasteiger partial charge in [0.25, 0.3) is 0 Å². The molecule has 0 atom stereocenters. The molecule has 2 aromatic heterocycles. The van der Waals surface area contributed by atoms with Crippen molar-refractivity contribution in [3.8, 4) is 17.1 Å². The summed E-state index contributed by atoms with van der Waals surface area (Å²) >= 11 is 0. The molecule has 0 bridgehead atoms. The number of benzene rings is 1. The van der Waals surface area contributed by atoms with Gasteiger partial charge in [0.1, 0.15) is 5.82 Å². The molecule has 0 spiro atoms. The van der Waals surface area contributed by atoms with Crippen LogP contribution in [0.4, 0.5) is 10.1 Å². The number of anilines is 1. The van der Waals surface area contributed by atoms with Gasteiger partial charge in [-0.25, -0.2) is 4.39 Å². The fourth-order valence-electron chi connectivity index (χ4n) is 4.55. The largest absolute Gasteiger partial charge is 0.481 e. The minimum absolute atomic E-state index is 0.0983. The summed E-state index contributed by atoms with van der Waals surface area (Å²) in [5, 5.41) is 18.4. The van der Waals surface area contributed by atoms with Crippen LogP contribution in [-0.4, -0.2) is 46.0 Å². The number of aryl methyl sites for hydroxylation is 2. The average molecular weight is 493 g/mol. The molecule has 1 aliphatic heterocycles. The molecular formula is C28H33FN4O3. The van der Waals surface area contributed by atoms with Gasteiger partial charge in [0.15, 0.2) is 0 Å². The fraction of sp³-hybridized carbons (Fsp3) is 0.429. The highest BCUT2D eigenvalue weighted by atomic mass is 19.1. The van der Waals surface area contributed by atoms with Crippen molar-refractivity contribution < 1.29 is 19.0 Å². The Balaban J connectivity index is 1.61. The third kappa shape index (κ3) is 5.98. The Hall–Kier alpha value is -3.55. The number of hydrogen-bond donors (Lipinski definition) is 1. The second-order valence-corrected chi connectivity index (χ2v) is 10.2. The Labute approximate surface area is 211 Å². The molecule has 1 N–H and O–H groups in total. The van der Waals surface area contributed by atoms with Crippen LogP contribution >= 0.6 is 0 Å². The van der Waals surface area contributed by atoms with Gasteiger partial charge in [-0.05, 0) is 55.9 Å². The number of rotatable bonds is 8. The zero-order chi connectivity index (χ0) is 25.9. The highest BCUT2D eigenvalue weighted by Gasteiger charge is 2.29. The Morgan fingerprint density at radius 1 is 1.14 bits per heavy atom. The van der Waals surface area contributed by atoms with Crippen LogP contribution in [0, 0.1) is 25.1 Å². The van der Waals surface area contributed by atoms with Gasteiger partial charge in [-0.1, -0.05) is 26.0 Å². The average Bonchev–Trinajstić information content (AvgIpc) is 2.82. The maximum Gasteiger partial charge on any atom is 0.307 e. The van der Waals surface area contributed by atoms with Crippen LogP contribution < -0.4 is 9.64 Å². The number of piperidine rings is 1. The summed E-state index contributed by atoms with van der Waals surface area (Å²) in [5.41, 5.74) is 5.80. The van der Waals surface area contributed by atoms with E-state index in [2.05, 4.69) is 33.9 Å². The molecule has 1 saturated heterocycles. The van der Waals surface area contributed by atoms with E-state index in [1.54, 1.807) is 18.3 Å². The number of aromatic nitrogens is 3. The Kier molecular flexibility index (Phi) is 7.52. The van der Waals surface area contributed by atoms with E-state index in [1.807, 2.05) is 19.9 Å². The molecule has 36 heavy (non-hydrogen) atoms. The van der Waals surface area contributed by atoms with Crippen molar-refractivity contribution in [3.63, 3.8) is 0 Å². The molecule has 0 unspecified atom stereocenters. The lowest BCUT2D eigenvalue weighted by atomic mass is 9.82. The minimum atomic E-state index is -0.886. The van der Waals surface area contributed by atoms with Crippen LogP contribution in [0.3, 0.4) is 0 Å². The van der Waals surface area contributed by atoms with Gasteiger partial charge in [0.2, 0.25) is 5.88 Å². The van der Waals surface area contributed by atoms with Gasteiger partial charge in [-0.15, -0.1) is 10.2 Å². The maximum atomic E-state index is 13.1. The number of carboxylic acid groups (broad SMARTS) is 1. The molecule has 0 saturated carbocycles. The van der Waals surface area contributed by atoms with E-state index in [-0.39, 0.29) is 17.7 Å². The lowest BCUT2D eigenvalue weighted by Crippen LogP contribution is -2.38. The summed E-state index contributed by atoms with van der Waals surface area (Å²) in [6.45, 7) is 10.4. The smallest absolute Gasteiger partial charge is 0.307 e. The topological polar surface area (TPSA) is 88.4 Å². The second kappa shape index (κ2) is 10.6. The van der Waals surface area contributed by atoms with Gasteiger partial charge in [-0.3, -0.25) is 9.78 Å². The van der Waals surface area contributed by atoms with E-state index in [0.29, 0.717) is 30.3 Å². The molecule has 1 aromatic carbocycles. The van der Waals surface area contributed by atoms with Crippen molar-refractivity contribution in [2.45, 2.75) is 53.4 Å². The molecule has 1 aliphatic rings. The second-order valence-electron chi connectivity index (χ2n) is 10.2. The minimum Gasteiger partial charge on any atom is -0.481 e. The molecular weight excluding hydrogens is 459 g/mol. The van der Waals surface area contributed by atoms with Gasteiger partial charge in [0, 0.05) is 48.1 Å². The Morgan fingerprint density at radius 2 is 1.83 bits per heavy atom. The van der Waals surface area contributed by atoms with Crippen molar-refractivity contribution in [2.24, 2.45) is 5.41 Å². The number of halogens is 1. The van der Waals surface area contributed by atoms with Gasteiger partial charge in [0.05, 0.1) is 24.4 Å². The first-order valence-electron chi connectivity index (χ1n) is 12.3. The van der Waals surface area contributed by atoms with Crippen molar-refractivity contribution >= 4 is 11.7 Å². The molecule has 0 radical (unpaired) electrons. The summed E-state index contributed by atoms with van der Waals surface area (Å²) in [6, 6.07) is 8.26. The van der Waals surface area contributed by atoms with Crippen LogP contribution in [0.5, 0.6) is 5.88 Å². The van der Waals surface area contributed by atoms with Crippen LogP contribution in [0.1, 0.15) is 49.1 Å². The van der Waals surface area contributed by atoms with Crippen LogP contribution in [0.15, 0.2) is 36.5 Å². The van der Waals surface area contributed by atoms with Gasteiger partial charge >= 0.3 is 5.97 Å². The first-order valence-corrected chi connectivity index (χ1v) is 12.3. The highest BCUT2D eigenvalue weighted by Crippen LogP contribution is 2.39. The zero-order valence-corrected chi connectivity index (χ0v) is 21.3. The third-order valence-electron chi connectivity index (χ3n) is 6.88. The molecule has 7 nitrogen and oxygen atoms in total. The van der Waals surface area contributed by atoms with Crippen molar-refractivity contribution in [1.29, 1.82) is 0 Å². The summed E-state index contributed by atoms with van der Waals surface area (Å²) in [6.07, 6.45) is 4.34.